The van der Waals surface area contributed by atoms with Crippen molar-refractivity contribution in [1.82, 2.24) is 5.32 Å². The molecule has 8 heteroatoms. The summed E-state index contributed by atoms with van der Waals surface area (Å²) in [7, 11) is -7.50. The number of benzene rings is 1. The molecule has 2 N–H and O–H groups in total. The molecule has 0 aromatic heterocycles. The lowest BCUT2D eigenvalue weighted by Crippen LogP contribution is -2.36. The fraction of sp³-hybridized carbons (Fsp3) is 0.538. The zero-order chi connectivity index (χ0) is 15.5. The molecule has 0 amide bonds. The number of sulfone groups is 2. The van der Waals surface area contributed by atoms with Crippen LogP contribution in [0.4, 0.5) is 0 Å². The van der Waals surface area contributed by atoms with E-state index >= 15 is 0 Å². The molecule has 1 aliphatic rings. The van der Waals surface area contributed by atoms with E-state index in [9.17, 15) is 16.8 Å². The van der Waals surface area contributed by atoms with Crippen molar-refractivity contribution in [2.45, 2.75) is 27.9 Å². The maximum Gasteiger partial charge on any atom is 0.182 e. The minimum Gasteiger partial charge on any atom is -0.395 e. The van der Waals surface area contributed by atoms with Crippen LogP contribution in [0.2, 0.25) is 0 Å². The van der Waals surface area contributed by atoms with Crippen LogP contribution in [-0.2, 0) is 19.7 Å². The first-order valence-corrected chi connectivity index (χ1v) is 9.97. The van der Waals surface area contributed by atoms with Gasteiger partial charge in [0, 0.05) is 0 Å². The Hall–Kier alpha value is -0.960. The van der Waals surface area contributed by atoms with E-state index in [1.807, 2.05) is 0 Å². The van der Waals surface area contributed by atoms with Crippen LogP contribution in [0.1, 0.15) is 12.8 Å². The highest BCUT2D eigenvalue weighted by Gasteiger charge is 2.33. The van der Waals surface area contributed by atoms with E-state index in [0.29, 0.717) is 25.9 Å². The Bertz CT molecular complexity index is 691. The summed E-state index contributed by atoms with van der Waals surface area (Å²) in [5.41, 5.74) is 0. The van der Waals surface area contributed by atoms with Crippen LogP contribution in [0.25, 0.3) is 0 Å². The fourth-order valence-electron chi connectivity index (χ4n) is 2.46. The normalized spacial score (nSPS) is 17.8. The highest BCUT2D eigenvalue weighted by molar-refractivity contribution is 7.94. The summed E-state index contributed by atoms with van der Waals surface area (Å²) in [5.74, 6) is -0.480. The summed E-state index contributed by atoms with van der Waals surface area (Å²) in [4.78, 5) is -0.358. The molecule has 118 valence electrons. The Balaban J connectivity index is 2.49. The minimum absolute atomic E-state index is 0.148. The topological polar surface area (TPSA) is 101 Å². The monoisotopic (exact) mass is 333 g/mol. The molecule has 21 heavy (non-hydrogen) atoms. The second-order valence-electron chi connectivity index (χ2n) is 4.98. The highest BCUT2D eigenvalue weighted by atomic mass is 32.2. The molecule has 1 aromatic carbocycles. The van der Waals surface area contributed by atoms with Crippen LogP contribution >= 0.6 is 0 Å². The van der Waals surface area contributed by atoms with Crippen molar-refractivity contribution in [2.75, 3.05) is 25.4 Å². The molecular formula is C13H19NO5S2. The van der Waals surface area contributed by atoms with Gasteiger partial charge in [-0.25, -0.2) is 16.8 Å². The van der Waals surface area contributed by atoms with E-state index in [0.717, 1.165) is 0 Å². The summed E-state index contributed by atoms with van der Waals surface area (Å²) in [6.07, 6.45) is 0.938. The van der Waals surface area contributed by atoms with Gasteiger partial charge in [-0.2, -0.15) is 0 Å². The molecule has 6 nitrogen and oxygen atoms in total. The molecule has 1 fully saturated rings. The lowest BCUT2D eigenvalue weighted by molar-refractivity contribution is 0.319. The lowest BCUT2D eigenvalue weighted by atomic mass is 10.2. The van der Waals surface area contributed by atoms with Gasteiger partial charge in [0.1, 0.15) is 0 Å². The average Bonchev–Trinajstić information content (AvgIpc) is 2.48. The van der Waals surface area contributed by atoms with Gasteiger partial charge in [-0.1, -0.05) is 12.1 Å². The Morgan fingerprint density at radius 2 is 1.62 bits per heavy atom. The Labute approximate surface area is 125 Å². The van der Waals surface area contributed by atoms with Crippen LogP contribution in [0.3, 0.4) is 0 Å². The number of hydrogen-bond donors (Lipinski definition) is 2. The molecule has 1 heterocycles. The van der Waals surface area contributed by atoms with Crippen LogP contribution in [0, 0.1) is 0 Å². The first kappa shape index (κ1) is 16.4. The van der Waals surface area contributed by atoms with Crippen LogP contribution in [-0.4, -0.2) is 52.6 Å². The Morgan fingerprint density at radius 3 is 2.19 bits per heavy atom. The van der Waals surface area contributed by atoms with E-state index in [4.69, 9.17) is 5.11 Å². The third kappa shape index (κ3) is 3.45. The molecular weight excluding hydrogens is 314 g/mol. The van der Waals surface area contributed by atoms with E-state index in [-0.39, 0.29) is 9.79 Å². The first-order chi connectivity index (χ1) is 9.89. The van der Waals surface area contributed by atoms with Gasteiger partial charge >= 0.3 is 0 Å². The molecule has 0 spiro atoms. The van der Waals surface area contributed by atoms with E-state index in [2.05, 4.69) is 5.32 Å². The maximum absolute atomic E-state index is 12.7. The van der Waals surface area contributed by atoms with Gasteiger partial charge in [0.2, 0.25) is 0 Å². The Morgan fingerprint density at radius 1 is 1.05 bits per heavy atom. The van der Waals surface area contributed by atoms with E-state index in [1.165, 1.54) is 24.3 Å². The van der Waals surface area contributed by atoms with Crippen molar-refractivity contribution in [3.63, 3.8) is 0 Å². The predicted octanol–water partition coefficient (Wildman–Crippen LogP) is -0.0217. The zero-order valence-corrected chi connectivity index (χ0v) is 13.2. The molecule has 1 aliphatic heterocycles. The molecule has 1 saturated heterocycles. The summed E-state index contributed by atoms with van der Waals surface area (Å²) < 4.78 is 49.7. The quantitative estimate of drug-likeness (QED) is 0.785. The number of nitrogens with one attached hydrogen (secondary N) is 1. The molecule has 1 aromatic rings. The van der Waals surface area contributed by atoms with Crippen LogP contribution in [0.5, 0.6) is 0 Å². The van der Waals surface area contributed by atoms with Gasteiger partial charge in [0.05, 0.1) is 27.4 Å². The average molecular weight is 333 g/mol. The van der Waals surface area contributed by atoms with Gasteiger partial charge in [0.25, 0.3) is 0 Å². The lowest BCUT2D eigenvalue weighted by Gasteiger charge is -2.23. The van der Waals surface area contributed by atoms with Crippen molar-refractivity contribution < 1.29 is 21.9 Å². The third-order valence-electron chi connectivity index (χ3n) is 3.58. The number of hydrogen-bond acceptors (Lipinski definition) is 6. The van der Waals surface area contributed by atoms with Crippen molar-refractivity contribution in [1.29, 1.82) is 0 Å². The van der Waals surface area contributed by atoms with Crippen LogP contribution in [0.15, 0.2) is 34.1 Å². The molecule has 2 rings (SSSR count). The van der Waals surface area contributed by atoms with Gasteiger partial charge in [-0.3, -0.25) is 0 Å². The molecule has 0 unspecified atom stereocenters. The second kappa shape index (κ2) is 6.43. The zero-order valence-electron chi connectivity index (χ0n) is 11.5. The standard InChI is InChI=1S/C13H19NO5S2/c15-9-10-20(16,17)12-3-1-2-4-13(12)21(18,19)11-5-7-14-8-6-11/h1-4,11,14-15H,5-10H2. The SMILES string of the molecule is O=S(=O)(CCO)c1ccccc1S(=O)(=O)C1CCNCC1. The van der Waals surface area contributed by atoms with Crippen molar-refractivity contribution in [3.05, 3.63) is 24.3 Å². The third-order valence-corrected chi connectivity index (χ3v) is 7.77. The highest BCUT2D eigenvalue weighted by Crippen LogP contribution is 2.28. The molecule has 0 atom stereocenters. The summed E-state index contributed by atoms with van der Waals surface area (Å²) in [5, 5.41) is 11.4. The summed E-state index contributed by atoms with van der Waals surface area (Å²) in [6, 6.07) is 5.64. The molecule has 0 bridgehead atoms. The Kier molecular flexibility index (Phi) is 5.03. The number of piperidine rings is 1. The van der Waals surface area contributed by atoms with Gasteiger partial charge in [0.15, 0.2) is 19.7 Å². The second-order valence-corrected chi connectivity index (χ2v) is 9.26. The predicted molar refractivity (Wildman–Crippen MR) is 78.7 cm³/mol. The minimum atomic E-state index is -3.81. The van der Waals surface area contributed by atoms with E-state index < -0.39 is 37.3 Å². The van der Waals surface area contributed by atoms with Crippen LogP contribution < -0.4 is 5.32 Å². The van der Waals surface area contributed by atoms with Gasteiger partial charge < -0.3 is 10.4 Å². The van der Waals surface area contributed by atoms with Crippen molar-refractivity contribution in [3.8, 4) is 0 Å². The smallest absolute Gasteiger partial charge is 0.182 e. The van der Waals surface area contributed by atoms with Crippen molar-refractivity contribution >= 4 is 19.7 Å². The summed E-state index contributed by atoms with van der Waals surface area (Å²) in [6.45, 7) is 0.676. The molecule has 0 saturated carbocycles. The fourth-order valence-corrected chi connectivity index (χ4v) is 6.14. The first-order valence-electron chi connectivity index (χ1n) is 6.77. The number of aliphatic hydroxyl groups is 1. The van der Waals surface area contributed by atoms with E-state index in [1.54, 1.807) is 0 Å². The molecule has 0 radical (unpaired) electrons. The largest absolute Gasteiger partial charge is 0.395 e. The summed E-state index contributed by atoms with van der Waals surface area (Å²) >= 11 is 0. The number of rotatable bonds is 5. The van der Waals surface area contributed by atoms with Crippen molar-refractivity contribution in [2.24, 2.45) is 0 Å². The van der Waals surface area contributed by atoms with Gasteiger partial charge in [-0.05, 0) is 38.1 Å². The van der Waals surface area contributed by atoms with Gasteiger partial charge in [-0.15, -0.1) is 0 Å². The maximum atomic E-state index is 12.7. The number of aliphatic hydroxyl groups excluding tert-OH is 1. The molecule has 0 aliphatic carbocycles.